The Morgan fingerprint density at radius 3 is 2.88 bits per heavy atom. The summed E-state index contributed by atoms with van der Waals surface area (Å²) in [5, 5.41) is 0. The fourth-order valence-corrected chi connectivity index (χ4v) is 6.93. The summed E-state index contributed by atoms with van der Waals surface area (Å²) in [6.07, 6.45) is 13.1. The third kappa shape index (κ3) is 3.20. The van der Waals surface area contributed by atoms with Crippen LogP contribution in [0.25, 0.3) is 0 Å². The maximum Gasteiger partial charge on any atom is 0.309 e. The van der Waals surface area contributed by atoms with Crippen LogP contribution in [0.15, 0.2) is 21.8 Å². The van der Waals surface area contributed by atoms with Gasteiger partial charge in [0.1, 0.15) is 6.10 Å². The summed E-state index contributed by atoms with van der Waals surface area (Å²) in [5.41, 5.74) is 1.59. The Morgan fingerprint density at radius 2 is 2.08 bits per heavy atom. The van der Waals surface area contributed by atoms with Crippen LogP contribution in [0.1, 0.15) is 64.7 Å². The third-order valence-electron chi connectivity index (χ3n) is 7.86. The summed E-state index contributed by atoms with van der Waals surface area (Å²) in [7, 11) is 0. The minimum atomic E-state index is -0.0772. The fraction of sp³-hybridized carbons (Fsp3) is 0.727. The van der Waals surface area contributed by atoms with Crippen molar-refractivity contribution in [3.8, 4) is 0 Å². The molecule has 0 unspecified atom stereocenters. The fourth-order valence-electron chi connectivity index (χ4n) is 6.67. The number of allylic oxidation sites excluding steroid dienone is 1. The number of carbonyl (C=O) groups is 2. The Bertz CT molecular complexity index is 652. The van der Waals surface area contributed by atoms with Crippen LogP contribution in [-0.2, 0) is 14.3 Å². The second-order valence-corrected chi connectivity index (χ2v) is 9.69. The summed E-state index contributed by atoms with van der Waals surface area (Å²) in [5.74, 6) is 3.08. The van der Waals surface area contributed by atoms with Crippen molar-refractivity contribution in [1.29, 1.82) is 0 Å². The average molecular weight is 468 g/mol. The lowest BCUT2D eigenvalue weighted by Gasteiger charge is -2.53. The van der Waals surface area contributed by atoms with Crippen molar-refractivity contribution in [3.05, 3.63) is 21.8 Å². The van der Waals surface area contributed by atoms with Gasteiger partial charge in [-0.1, -0.05) is 41.2 Å². The molecule has 4 rings (SSSR count). The van der Waals surface area contributed by atoms with Gasteiger partial charge in [0.25, 0.3) is 0 Å². The monoisotopic (exact) mass is 468 g/mol. The number of ether oxygens (including phenoxy) is 1. The molecule has 0 N–H and O–H groups in total. The summed E-state index contributed by atoms with van der Waals surface area (Å²) >= 11 is 2.14. The van der Waals surface area contributed by atoms with Gasteiger partial charge in [-0.2, -0.15) is 0 Å². The van der Waals surface area contributed by atoms with Gasteiger partial charge in [0, 0.05) is 11.8 Å². The van der Waals surface area contributed by atoms with Gasteiger partial charge in [0.05, 0.1) is 6.42 Å². The molecule has 0 aromatic heterocycles. The van der Waals surface area contributed by atoms with Crippen LogP contribution in [0.2, 0.25) is 0 Å². The standard InChI is InChI=1S/C22H29IO3/c1-22-11-10-17-16-7-5-15(24)13-14(16)4-6-18(17)19(22)8-9-20(22)26-21(25)3-2-12-23/h2,12-13,16-20H,3-11H2,1H3/t16-,17+,18+,19-,20-,22-/m0/s1. The Hall–Kier alpha value is -0.650. The van der Waals surface area contributed by atoms with Crippen LogP contribution >= 0.6 is 22.6 Å². The molecule has 0 radical (unpaired) electrons. The Morgan fingerprint density at radius 1 is 1.23 bits per heavy atom. The molecule has 3 nitrogen and oxygen atoms in total. The molecule has 6 atom stereocenters. The molecule has 0 aliphatic heterocycles. The molecular weight excluding hydrogens is 439 g/mol. The predicted octanol–water partition coefficient (Wildman–Crippen LogP) is 5.38. The van der Waals surface area contributed by atoms with Crippen molar-refractivity contribution in [1.82, 2.24) is 0 Å². The first-order valence-electron chi connectivity index (χ1n) is 10.2. The SMILES string of the molecule is C[C@]12CC[C@H]3[C@@H](CCC4=CC(=O)CC[C@@H]43)[C@@H]1CC[C@@H]2OC(=O)CC=CI. The lowest BCUT2D eigenvalue weighted by atomic mass is 9.52. The number of fused-ring (bicyclic) bond motifs is 5. The van der Waals surface area contributed by atoms with E-state index in [1.165, 1.54) is 24.8 Å². The number of hydrogen-bond donors (Lipinski definition) is 0. The van der Waals surface area contributed by atoms with Crippen molar-refractivity contribution in [2.24, 2.45) is 29.1 Å². The third-order valence-corrected chi connectivity index (χ3v) is 8.37. The van der Waals surface area contributed by atoms with Crippen molar-refractivity contribution in [2.45, 2.75) is 70.8 Å². The van der Waals surface area contributed by atoms with Gasteiger partial charge in [-0.3, -0.25) is 9.59 Å². The molecule has 4 aliphatic carbocycles. The van der Waals surface area contributed by atoms with Crippen LogP contribution in [-0.4, -0.2) is 17.9 Å². The maximum atomic E-state index is 12.2. The molecule has 0 amide bonds. The number of esters is 1. The van der Waals surface area contributed by atoms with E-state index in [1.54, 1.807) is 0 Å². The molecule has 142 valence electrons. The van der Waals surface area contributed by atoms with E-state index in [9.17, 15) is 9.59 Å². The summed E-state index contributed by atoms with van der Waals surface area (Å²) < 4.78 is 7.82. The number of hydrogen-bond acceptors (Lipinski definition) is 3. The molecule has 0 spiro atoms. The molecule has 0 heterocycles. The largest absolute Gasteiger partial charge is 0.462 e. The van der Waals surface area contributed by atoms with E-state index in [-0.39, 0.29) is 17.5 Å². The minimum absolute atomic E-state index is 0.0772. The van der Waals surface area contributed by atoms with Crippen molar-refractivity contribution < 1.29 is 14.3 Å². The summed E-state index contributed by atoms with van der Waals surface area (Å²) in [6.45, 7) is 2.38. The quantitative estimate of drug-likeness (QED) is 0.413. The molecule has 4 heteroatoms. The van der Waals surface area contributed by atoms with Crippen molar-refractivity contribution in [2.75, 3.05) is 0 Å². The zero-order valence-corrected chi connectivity index (χ0v) is 17.7. The smallest absolute Gasteiger partial charge is 0.309 e. The average Bonchev–Trinajstić information content (AvgIpc) is 2.96. The zero-order valence-electron chi connectivity index (χ0n) is 15.6. The van der Waals surface area contributed by atoms with Gasteiger partial charge in [0.15, 0.2) is 5.78 Å². The van der Waals surface area contributed by atoms with Crippen LogP contribution in [0.4, 0.5) is 0 Å². The highest BCUT2D eigenvalue weighted by molar-refractivity contribution is 14.1. The Labute approximate surface area is 170 Å². The second kappa shape index (κ2) is 7.40. The molecule has 0 aromatic carbocycles. The maximum absolute atomic E-state index is 12.2. The van der Waals surface area contributed by atoms with E-state index in [4.69, 9.17) is 4.74 Å². The molecule has 0 bridgehead atoms. The summed E-state index contributed by atoms with van der Waals surface area (Å²) in [4.78, 5) is 24.0. The van der Waals surface area contributed by atoms with Crippen molar-refractivity contribution in [3.63, 3.8) is 0 Å². The van der Waals surface area contributed by atoms with Crippen LogP contribution in [0.5, 0.6) is 0 Å². The number of ketones is 1. The highest BCUT2D eigenvalue weighted by Gasteiger charge is 2.57. The molecule has 4 aliphatic rings. The number of halogens is 1. The number of carbonyl (C=O) groups excluding carboxylic acids is 2. The lowest BCUT2D eigenvalue weighted by Crippen LogP contribution is -2.48. The topological polar surface area (TPSA) is 43.4 Å². The molecule has 3 saturated carbocycles. The van der Waals surface area contributed by atoms with Gasteiger partial charge in [-0.15, -0.1) is 0 Å². The van der Waals surface area contributed by atoms with Crippen LogP contribution < -0.4 is 0 Å². The predicted molar refractivity (Wildman–Crippen MR) is 110 cm³/mol. The Balaban J connectivity index is 1.49. The molecular formula is C22H29IO3. The van der Waals surface area contributed by atoms with Gasteiger partial charge in [0.2, 0.25) is 0 Å². The van der Waals surface area contributed by atoms with Gasteiger partial charge >= 0.3 is 5.97 Å². The van der Waals surface area contributed by atoms with Gasteiger partial charge < -0.3 is 4.74 Å². The Kier molecular flexibility index (Phi) is 5.32. The first-order chi connectivity index (χ1) is 12.5. The van der Waals surface area contributed by atoms with E-state index < -0.39 is 0 Å². The second-order valence-electron chi connectivity index (χ2n) is 8.97. The lowest BCUT2D eigenvalue weighted by molar-refractivity contribution is -0.157. The normalized spacial score (nSPS) is 42.0. The minimum Gasteiger partial charge on any atom is -0.462 e. The highest BCUT2D eigenvalue weighted by atomic mass is 127. The van der Waals surface area contributed by atoms with E-state index >= 15 is 0 Å². The van der Waals surface area contributed by atoms with E-state index in [2.05, 4.69) is 29.5 Å². The molecule has 0 saturated heterocycles. The first kappa shape index (κ1) is 18.7. The van der Waals surface area contributed by atoms with E-state index in [0.29, 0.717) is 24.0 Å². The van der Waals surface area contributed by atoms with E-state index in [1.807, 2.05) is 16.2 Å². The van der Waals surface area contributed by atoms with Crippen molar-refractivity contribution >= 4 is 34.3 Å². The molecule has 26 heavy (non-hydrogen) atoms. The van der Waals surface area contributed by atoms with Crippen LogP contribution in [0.3, 0.4) is 0 Å². The van der Waals surface area contributed by atoms with Gasteiger partial charge in [-0.05, 0) is 78.8 Å². The van der Waals surface area contributed by atoms with E-state index in [0.717, 1.165) is 43.9 Å². The molecule has 0 aromatic rings. The highest BCUT2D eigenvalue weighted by Crippen LogP contribution is 2.62. The summed E-state index contributed by atoms with van der Waals surface area (Å²) in [6, 6.07) is 0. The first-order valence-corrected chi connectivity index (χ1v) is 11.5. The molecule has 3 fully saturated rings. The van der Waals surface area contributed by atoms with Crippen LogP contribution in [0, 0.1) is 29.1 Å². The van der Waals surface area contributed by atoms with Gasteiger partial charge in [-0.25, -0.2) is 0 Å². The number of rotatable bonds is 3. The zero-order chi connectivity index (χ0) is 18.3.